The Morgan fingerprint density at radius 2 is 1.71 bits per heavy atom. The molecule has 5 aliphatic rings. The molecule has 0 spiro atoms. The van der Waals surface area contributed by atoms with E-state index in [2.05, 4.69) is 26.1 Å². The van der Waals surface area contributed by atoms with Crippen molar-refractivity contribution in [3.8, 4) is 5.75 Å². The van der Waals surface area contributed by atoms with E-state index in [0.717, 1.165) is 60.4 Å². The largest absolute Gasteiger partial charge is 0.497 e. The molecule has 1 heterocycles. The van der Waals surface area contributed by atoms with Crippen molar-refractivity contribution in [1.29, 1.82) is 0 Å². The van der Waals surface area contributed by atoms with Gasteiger partial charge in [-0.3, -0.25) is 18.9 Å². The third-order valence-electron chi connectivity index (χ3n) is 15.7. The fourth-order valence-corrected chi connectivity index (χ4v) is 14.0. The zero-order valence-corrected chi connectivity index (χ0v) is 39.8. The van der Waals surface area contributed by atoms with Gasteiger partial charge in [0.1, 0.15) is 5.75 Å². The van der Waals surface area contributed by atoms with E-state index in [-0.39, 0.29) is 46.6 Å². The molecule has 0 radical (unpaired) electrons. The maximum absolute atomic E-state index is 13.6. The number of aliphatic hydroxyl groups is 2. The van der Waals surface area contributed by atoms with Gasteiger partial charge in [-0.15, -0.1) is 11.8 Å². The van der Waals surface area contributed by atoms with Crippen LogP contribution in [0.3, 0.4) is 0 Å². The first-order valence-electron chi connectivity index (χ1n) is 22.9. The van der Waals surface area contributed by atoms with Crippen LogP contribution in [0, 0.1) is 46.3 Å². The molecular formula is C48H71N3O10S2. The molecule has 63 heavy (non-hydrogen) atoms. The minimum absolute atomic E-state index is 0.0756. The molecule has 13 nitrogen and oxygen atoms in total. The lowest BCUT2D eigenvalue weighted by atomic mass is 9.43. The Bertz CT molecular complexity index is 2020. The van der Waals surface area contributed by atoms with E-state index < -0.39 is 27.9 Å². The minimum Gasteiger partial charge on any atom is -0.497 e. The molecule has 2 aromatic rings. The van der Waals surface area contributed by atoms with Crippen LogP contribution in [0.5, 0.6) is 5.75 Å². The number of nitrogens with zero attached hydrogens (tertiary/aromatic N) is 2. The maximum atomic E-state index is 13.6. The highest BCUT2D eigenvalue weighted by Gasteiger charge is 2.63. The van der Waals surface area contributed by atoms with Gasteiger partial charge in [-0.1, -0.05) is 45.0 Å². The fourth-order valence-electron chi connectivity index (χ4n) is 12.4. The van der Waals surface area contributed by atoms with Crippen molar-refractivity contribution in [2.75, 3.05) is 51.5 Å². The van der Waals surface area contributed by atoms with Crippen LogP contribution in [0.1, 0.15) is 103 Å². The Balaban J connectivity index is 0.000000213. The number of para-hydroxylation sites is 1. The first-order chi connectivity index (χ1) is 29.8. The number of hydrogen-bond acceptors (Lipinski definition) is 11. The zero-order valence-electron chi connectivity index (χ0n) is 38.2. The molecule has 4 N–H and O–H groups in total. The smallest absolute Gasteiger partial charge is 0.303 e. The summed E-state index contributed by atoms with van der Waals surface area (Å²) in [6.45, 7) is 9.41. The summed E-state index contributed by atoms with van der Waals surface area (Å²) in [5, 5.41) is 24.1. The molecule has 12 atom stereocenters. The molecule has 0 aromatic heterocycles. The van der Waals surface area contributed by atoms with E-state index in [1.165, 1.54) is 19.8 Å². The second kappa shape index (κ2) is 20.5. The van der Waals surface area contributed by atoms with Gasteiger partial charge in [-0.05, 0) is 148 Å². The van der Waals surface area contributed by atoms with E-state index in [4.69, 9.17) is 14.0 Å². The average molecular weight is 914 g/mol. The monoisotopic (exact) mass is 913 g/mol. The lowest BCUT2D eigenvalue weighted by molar-refractivity contribution is -0.174. The van der Waals surface area contributed by atoms with E-state index in [0.29, 0.717) is 61.4 Å². The second-order valence-electron chi connectivity index (χ2n) is 19.6. The number of rotatable bonds is 13. The lowest BCUT2D eigenvalue weighted by Crippen LogP contribution is -2.58. The second-order valence-corrected chi connectivity index (χ2v) is 22.4. The summed E-state index contributed by atoms with van der Waals surface area (Å²) < 4.78 is 41.3. The number of nitrogens with one attached hydrogen (secondary N) is 1. The van der Waals surface area contributed by atoms with Crippen molar-refractivity contribution >= 4 is 45.4 Å². The number of esters is 1. The summed E-state index contributed by atoms with van der Waals surface area (Å²) in [4.78, 5) is 42.4. The quantitative estimate of drug-likeness (QED) is 0.123. The molecule has 15 heteroatoms. The number of thioether (sulfide) groups is 1. The van der Waals surface area contributed by atoms with E-state index >= 15 is 0 Å². The number of amides is 2. The first kappa shape index (κ1) is 49.2. The Kier molecular flexibility index (Phi) is 16.0. The van der Waals surface area contributed by atoms with Crippen LogP contribution in [0.4, 0.5) is 5.69 Å². The van der Waals surface area contributed by atoms with E-state index in [9.17, 15) is 33.0 Å². The number of aliphatic hydroxyl groups excluding tert-OH is 2. The number of methoxy groups -OCH3 is 1. The van der Waals surface area contributed by atoms with Crippen molar-refractivity contribution in [2.45, 2.75) is 120 Å². The van der Waals surface area contributed by atoms with Gasteiger partial charge >= 0.3 is 5.97 Å². The molecule has 7 rings (SSSR count). The normalized spacial score (nSPS) is 33.0. The number of benzene rings is 2. The van der Waals surface area contributed by atoms with Gasteiger partial charge in [0.05, 0.1) is 36.0 Å². The van der Waals surface area contributed by atoms with Crippen LogP contribution >= 0.6 is 11.8 Å². The average Bonchev–Trinajstić information content (AvgIpc) is 3.55. The van der Waals surface area contributed by atoms with Crippen LogP contribution in [-0.4, -0.2) is 111 Å². The van der Waals surface area contributed by atoms with Crippen molar-refractivity contribution in [3.05, 3.63) is 54.1 Å². The third kappa shape index (κ3) is 11.1. The number of likely N-dealkylation sites (N-methyl/N-ethyl adjacent to an activating group) is 1. The van der Waals surface area contributed by atoms with Crippen LogP contribution in [-0.2, 0) is 29.2 Å². The highest BCUT2D eigenvalue weighted by molar-refractivity contribution is 7.99. The highest BCUT2D eigenvalue weighted by Crippen LogP contribution is 2.68. The molecule has 0 bridgehead atoms. The maximum Gasteiger partial charge on any atom is 0.303 e. The molecule has 4 aliphatic carbocycles. The SMILES string of the molecule is COc1ccc([C@@H]2Sc3ccccc3N(CCN(C)C)C(=O)[C@@H]2OC(C)=O)cc1.C[C@H](CCC(=O)NCCS(=O)(=O)O)[C@H]1CCC2C3CCC4C[C@H](O)CC[C@]4(C)C3C[C@H](O)[C@@]21C. The van der Waals surface area contributed by atoms with Crippen LogP contribution in [0.25, 0.3) is 0 Å². The molecule has 2 amide bonds. The minimum atomic E-state index is -4.07. The van der Waals surface area contributed by atoms with Crippen molar-refractivity contribution < 1.29 is 47.0 Å². The number of fused-ring (bicyclic) bond motifs is 6. The third-order valence-corrected chi connectivity index (χ3v) is 17.8. The number of ether oxygens (including phenoxy) is 2. The van der Waals surface area contributed by atoms with E-state index in [1.807, 2.05) is 67.5 Å². The lowest BCUT2D eigenvalue weighted by Gasteiger charge is -2.62. The summed E-state index contributed by atoms with van der Waals surface area (Å²) >= 11 is 1.54. The topological polar surface area (TPSA) is 183 Å². The summed E-state index contributed by atoms with van der Waals surface area (Å²) in [6, 6.07) is 15.4. The Morgan fingerprint density at radius 3 is 2.38 bits per heavy atom. The predicted octanol–water partition coefficient (Wildman–Crippen LogP) is 6.77. The van der Waals surface area contributed by atoms with Crippen LogP contribution < -0.4 is 15.0 Å². The predicted molar refractivity (Wildman–Crippen MR) is 245 cm³/mol. The summed E-state index contributed by atoms with van der Waals surface area (Å²) in [5.41, 5.74) is 1.85. The molecular weight excluding hydrogens is 843 g/mol. The molecule has 1 aliphatic heterocycles. The van der Waals surface area contributed by atoms with E-state index in [1.54, 1.807) is 23.8 Å². The van der Waals surface area contributed by atoms with Gasteiger partial charge in [-0.25, -0.2) is 0 Å². The molecule has 4 unspecified atom stereocenters. The van der Waals surface area contributed by atoms with Gasteiger partial charge in [0.2, 0.25) is 5.91 Å². The zero-order chi connectivity index (χ0) is 45.9. The van der Waals surface area contributed by atoms with Gasteiger partial charge < -0.3 is 34.8 Å². The first-order valence-corrected chi connectivity index (χ1v) is 25.4. The van der Waals surface area contributed by atoms with Gasteiger partial charge in [-0.2, -0.15) is 8.42 Å². The number of hydrogen-bond donors (Lipinski definition) is 4. The van der Waals surface area contributed by atoms with Gasteiger partial charge in [0.25, 0.3) is 16.0 Å². The number of anilines is 1. The molecule has 2 aromatic carbocycles. The molecule has 0 saturated heterocycles. The molecule has 4 fully saturated rings. The van der Waals surface area contributed by atoms with Crippen LogP contribution in [0.2, 0.25) is 0 Å². The van der Waals surface area contributed by atoms with Crippen LogP contribution in [0.15, 0.2) is 53.4 Å². The number of carbonyl (C=O) groups is 3. The summed E-state index contributed by atoms with van der Waals surface area (Å²) in [5.74, 6) is 2.33. The molecule has 4 saturated carbocycles. The summed E-state index contributed by atoms with van der Waals surface area (Å²) in [7, 11) is 1.47. The highest BCUT2D eigenvalue weighted by atomic mass is 32.2. The Hall–Kier alpha value is -3.21. The van der Waals surface area contributed by atoms with Gasteiger partial charge in [0.15, 0.2) is 6.10 Å². The summed E-state index contributed by atoms with van der Waals surface area (Å²) in [6.07, 6.45) is 8.02. The van der Waals surface area contributed by atoms with Crippen molar-refractivity contribution in [3.63, 3.8) is 0 Å². The van der Waals surface area contributed by atoms with Gasteiger partial charge in [0, 0.05) is 37.9 Å². The van der Waals surface area contributed by atoms with Crippen molar-refractivity contribution in [2.24, 2.45) is 46.3 Å². The molecule has 350 valence electrons. The number of carbonyl (C=O) groups excluding carboxylic acids is 3. The fraction of sp³-hybridized carbons (Fsp3) is 0.688. The standard InChI is InChI=1S/C26H45NO6S.C22H26N2O4S/c1-16(4-9-24(30)27-12-13-34(31,32)33)20-7-8-21-19-6-5-17-14-18(28)10-11-25(17,2)22(19)15-23(29)26(20,21)3;1-15(25)28-20-21(16-9-11-17(27-4)12-10-16)29-19-8-6-5-7-18(19)24(22(20)26)14-13-23(2)3/h16-23,28-29H,4-15H2,1-3H3,(H,27,30)(H,31,32,33);5-12,20-21H,13-14H2,1-4H3/t16-,17?,18-,19?,20-,21?,22?,23+,25+,26-;20-,21+/m11/s1. The van der Waals surface area contributed by atoms with Crippen molar-refractivity contribution in [1.82, 2.24) is 10.2 Å². The Labute approximate surface area is 379 Å². The Morgan fingerprint density at radius 1 is 1.00 bits per heavy atom.